The highest BCUT2D eigenvalue weighted by Gasteiger charge is 2.26. The van der Waals surface area contributed by atoms with Crippen LogP contribution in [0.2, 0.25) is 0 Å². The summed E-state index contributed by atoms with van der Waals surface area (Å²) >= 11 is 0. The lowest BCUT2D eigenvalue weighted by Gasteiger charge is -2.14. The van der Waals surface area contributed by atoms with Crippen LogP contribution in [0.3, 0.4) is 0 Å². The van der Waals surface area contributed by atoms with Crippen LogP contribution < -0.4 is 0 Å². The van der Waals surface area contributed by atoms with Crippen LogP contribution in [0, 0.1) is 12.8 Å². The molecular formula is C15H19NO2. The molecule has 2 atom stereocenters. The largest absolute Gasteiger partial charge is 0.478 e. The molecule has 0 aromatic carbocycles. The van der Waals surface area contributed by atoms with Crippen molar-refractivity contribution in [3.05, 3.63) is 41.2 Å². The first-order chi connectivity index (χ1) is 8.49. The lowest BCUT2D eigenvalue weighted by molar-refractivity contribution is -0.133. The average Bonchev–Trinajstić information content (AvgIpc) is 2.47. The normalized spacial score (nSPS) is 23.0. The Morgan fingerprint density at radius 1 is 1.44 bits per heavy atom. The Morgan fingerprint density at radius 3 is 2.83 bits per heavy atom. The van der Waals surface area contributed by atoms with Crippen LogP contribution in [0.1, 0.15) is 42.6 Å². The minimum Gasteiger partial charge on any atom is -0.478 e. The van der Waals surface area contributed by atoms with E-state index in [1.807, 2.05) is 13.0 Å². The van der Waals surface area contributed by atoms with Crippen LogP contribution in [0.5, 0.6) is 0 Å². The molecule has 18 heavy (non-hydrogen) atoms. The van der Waals surface area contributed by atoms with Crippen molar-refractivity contribution in [2.24, 2.45) is 5.92 Å². The fraction of sp³-hybridized carbons (Fsp3) is 0.467. The van der Waals surface area contributed by atoms with Crippen LogP contribution in [0.15, 0.2) is 24.3 Å². The molecule has 0 amide bonds. The molecule has 96 valence electrons. The number of pyridine rings is 1. The SMILES string of the molecule is C=C(C(=O)O)C1CCC(C)c2ccc(C)nc2C1. The maximum Gasteiger partial charge on any atom is 0.331 e. The van der Waals surface area contributed by atoms with Gasteiger partial charge in [0.05, 0.1) is 0 Å². The lowest BCUT2D eigenvalue weighted by Crippen LogP contribution is -2.14. The van der Waals surface area contributed by atoms with E-state index in [1.54, 1.807) is 0 Å². The van der Waals surface area contributed by atoms with Crippen molar-refractivity contribution < 1.29 is 9.90 Å². The van der Waals surface area contributed by atoms with E-state index in [0.717, 1.165) is 24.2 Å². The molecule has 0 saturated heterocycles. The van der Waals surface area contributed by atoms with Gasteiger partial charge in [0.1, 0.15) is 0 Å². The van der Waals surface area contributed by atoms with Crippen molar-refractivity contribution in [3.8, 4) is 0 Å². The Morgan fingerprint density at radius 2 is 2.17 bits per heavy atom. The second kappa shape index (κ2) is 4.92. The van der Waals surface area contributed by atoms with Crippen molar-refractivity contribution in [1.29, 1.82) is 0 Å². The third-order valence-electron chi connectivity index (χ3n) is 3.83. The molecule has 1 aliphatic carbocycles. The summed E-state index contributed by atoms with van der Waals surface area (Å²) in [6, 6.07) is 4.16. The zero-order valence-corrected chi connectivity index (χ0v) is 10.9. The van der Waals surface area contributed by atoms with E-state index in [4.69, 9.17) is 5.11 Å². The van der Waals surface area contributed by atoms with E-state index in [-0.39, 0.29) is 5.92 Å². The molecule has 0 fully saturated rings. The van der Waals surface area contributed by atoms with Crippen molar-refractivity contribution in [3.63, 3.8) is 0 Å². The molecule has 2 unspecified atom stereocenters. The van der Waals surface area contributed by atoms with Crippen LogP contribution in [-0.2, 0) is 11.2 Å². The van der Waals surface area contributed by atoms with Gasteiger partial charge >= 0.3 is 5.97 Å². The zero-order valence-electron chi connectivity index (χ0n) is 10.9. The van der Waals surface area contributed by atoms with Crippen LogP contribution in [-0.4, -0.2) is 16.1 Å². The molecule has 1 heterocycles. The fourth-order valence-corrected chi connectivity index (χ4v) is 2.65. The molecule has 1 aromatic heterocycles. The highest BCUT2D eigenvalue weighted by molar-refractivity contribution is 5.86. The summed E-state index contributed by atoms with van der Waals surface area (Å²) in [4.78, 5) is 15.6. The van der Waals surface area contributed by atoms with Crippen molar-refractivity contribution in [2.45, 2.75) is 39.0 Å². The van der Waals surface area contributed by atoms with Crippen LogP contribution in [0.25, 0.3) is 0 Å². The lowest BCUT2D eigenvalue weighted by atomic mass is 9.91. The Balaban J connectivity index is 2.34. The van der Waals surface area contributed by atoms with Gasteiger partial charge < -0.3 is 5.11 Å². The number of hydrogen-bond acceptors (Lipinski definition) is 2. The topological polar surface area (TPSA) is 50.2 Å². The minimum atomic E-state index is -0.885. The molecule has 1 N–H and O–H groups in total. The van der Waals surface area contributed by atoms with E-state index < -0.39 is 5.97 Å². The highest BCUT2D eigenvalue weighted by Crippen LogP contribution is 2.34. The molecule has 0 aliphatic heterocycles. The van der Waals surface area contributed by atoms with Crippen molar-refractivity contribution >= 4 is 5.97 Å². The van der Waals surface area contributed by atoms with E-state index in [0.29, 0.717) is 17.9 Å². The van der Waals surface area contributed by atoms with E-state index in [9.17, 15) is 4.79 Å². The van der Waals surface area contributed by atoms with Crippen LogP contribution in [0.4, 0.5) is 0 Å². The summed E-state index contributed by atoms with van der Waals surface area (Å²) < 4.78 is 0. The Labute approximate surface area is 108 Å². The summed E-state index contributed by atoms with van der Waals surface area (Å²) in [5.41, 5.74) is 3.62. The van der Waals surface area contributed by atoms with Gasteiger partial charge in [0.2, 0.25) is 0 Å². The minimum absolute atomic E-state index is 0.0144. The molecule has 0 saturated carbocycles. The van der Waals surface area contributed by atoms with Gasteiger partial charge in [0, 0.05) is 17.0 Å². The molecular weight excluding hydrogens is 226 g/mol. The van der Waals surface area contributed by atoms with Crippen molar-refractivity contribution in [1.82, 2.24) is 4.98 Å². The summed E-state index contributed by atoms with van der Waals surface area (Å²) in [5, 5.41) is 9.07. The Bertz CT molecular complexity index is 493. The number of aryl methyl sites for hydroxylation is 1. The fourth-order valence-electron chi connectivity index (χ4n) is 2.65. The number of carbonyl (C=O) groups is 1. The molecule has 0 bridgehead atoms. The number of hydrogen-bond donors (Lipinski definition) is 1. The summed E-state index contributed by atoms with van der Waals surface area (Å²) in [6.07, 6.45) is 2.57. The summed E-state index contributed by atoms with van der Waals surface area (Å²) in [7, 11) is 0. The predicted octanol–water partition coefficient (Wildman–Crippen LogP) is 3.09. The predicted molar refractivity (Wildman–Crippen MR) is 70.6 cm³/mol. The number of nitrogens with zero attached hydrogens (tertiary/aromatic N) is 1. The third-order valence-corrected chi connectivity index (χ3v) is 3.83. The molecule has 0 spiro atoms. The van der Waals surface area contributed by atoms with Crippen molar-refractivity contribution in [2.75, 3.05) is 0 Å². The molecule has 3 nitrogen and oxygen atoms in total. The number of carboxylic acids is 1. The smallest absolute Gasteiger partial charge is 0.331 e. The van der Waals surface area contributed by atoms with Gasteiger partial charge in [-0.05, 0) is 49.7 Å². The maximum absolute atomic E-state index is 11.1. The first-order valence-corrected chi connectivity index (χ1v) is 6.37. The molecule has 0 radical (unpaired) electrons. The zero-order chi connectivity index (χ0) is 13.3. The molecule has 3 heteroatoms. The van der Waals surface area contributed by atoms with Gasteiger partial charge in [-0.15, -0.1) is 0 Å². The first kappa shape index (κ1) is 12.8. The highest BCUT2D eigenvalue weighted by atomic mass is 16.4. The van der Waals surface area contributed by atoms with Gasteiger partial charge in [0.15, 0.2) is 0 Å². The summed E-state index contributed by atoms with van der Waals surface area (Å²) in [5.74, 6) is -0.427. The first-order valence-electron chi connectivity index (χ1n) is 6.37. The van der Waals surface area contributed by atoms with Gasteiger partial charge in [-0.25, -0.2) is 4.79 Å². The second-order valence-electron chi connectivity index (χ2n) is 5.20. The molecule has 1 aliphatic rings. The third kappa shape index (κ3) is 2.45. The maximum atomic E-state index is 11.1. The van der Waals surface area contributed by atoms with Gasteiger partial charge in [-0.3, -0.25) is 4.98 Å². The second-order valence-corrected chi connectivity index (χ2v) is 5.20. The number of fused-ring (bicyclic) bond motifs is 1. The number of aromatic nitrogens is 1. The van der Waals surface area contributed by atoms with Gasteiger partial charge in [0.25, 0.3) is 0 Å². The van der Waals surface area contributed by atoms with Gasteiger partial charge in [-0.2, -0.15) is 0 Å². The number of aliphatic carboxylic acids is 1. The number of rotatable bonds is 2. The van der Waals surface area contributed by atoms with E-state index in [2.05, 4.69) is 24.6 Å². The Kier molecular flexibility index (Phi) is 3.50. The monoisotopic (exact) mass is 245 g/mol. The average molecular weight is 245 g/mol. The molecule has 2 rings (SSSR count). The standard InChI is InChI=1S/C15H19NO2/c1-9-4-6-12(11(3)15(17)18)8-14-13(9)7-5-10(2)16-14/h5,7,9,12H,3-4,6,8H2,1-2H3,(H,17,18). The Hall–Kier alpha value is -1.64. The van der Waals surface area contributed by atoms with E-state index >= 15 is 0 Å². The molecule has 1 aromatic rings. The summed E-state index contributed by atoms with van der Waals surface area (Å²) in [6.45, 7) is 7.86. The van der Waals surface area contributed by atoms with E-state index in [1.165, 1.54) is 5.56 Å². The van der Waals surface area contributed by atoms with Gasteiger partial charge in [-0.1, -0.05) is 19.6 Å². The quantitative estimate of drug-likeness (QED) is 0.643. The van der Waals surface area contributed by atoms with Crippen LogP contribution >= 0.6 is 0 Å². The number of carboxylic acid groups (broad SMARTS) is 1.